The smallest absolute Gasteiger partial charge is 0.408 e. The number of para-hydroxylation sites is 1. The molecule has 4 aromatic rings. The molecule has 0 unspecified atom stereocenters. The van der Waals surface area contributed by atoms with Gasteiger partial charge in [-0.1, -0.05) is 30.3 Å². The summed E-state index contributed by atoms with van der Waals surface area (Å²) in [5.41, 5.74) is 0.733. The Bertz CT molecular complexity index is 1480. The van der Waals surface area contributed by atoms with E-state index in [0.29, 0.717) is 22.4 Å². The minimum Gasteiger partial charge on any atom is -0.465 e. The van der Waals surface area contributed by atoms with Crippen LogP contribution in [-0.4, -0.2) is 66.1 Å². The number of carboxylic acid groups (broad SMARTS) is 1. The van der Waals surface area contributed by atoms with Gasteiger partial charge in [-0.2, -0.15) is 13.2 Å². The predicted molar refractivity (Wildman–Crippen MR) is 129 cm³/mol. The maximum atomic E-state index is 14.3. The number of alkyl halides is 3. The quantitative estimate of drug-likeness (QED) is 0.367. The van der Waals surface area contributed by atoms with Crippen LogP contribution in [0.25, 0.3) is 28.1 Å². The molecule has 2 atom stereocenters. The van der Waals surface area contributed by atoms with Crippen LogP contribution in [-0.2, 0) is 5.60 Å². The molecule has 1 fully saturated rings. The Labute approximate surface area is 209 Å². The first-order valence-corrected chi connectivity index (χ1v) is 11.7. The van der Waals surface area contributed by atoms with Crippen LogP contribution in [0.5, 0.6) is 0 Å². The zero-order chi connectivity index (χ0) is 26.5. The van der Waals surface area contributed by atoms with Gasteiger partial charge in [0, 0.05) is 36.3 Å². The number of aliphatic hydroxyl groups is 1. The van der Waals surface area contributed by atoms with Gasteiger partial charge in [-0.3, -0.25) is 9.30 Å². The van der Waals surface area contributed by atoms with Crippen molar-refractivity contribution >= 4 is 22.6 Å². The fourth-order valence-corrected chi connectivity index (χ4v) is 4.93. The summed E-state index contributed by atoms with van der Waals surface area (Å²) >= 11 is 0. The van der Waals surface area contributed by atoms with Gasteiger partial charge in [0.15, 0.2) is 11.5 Å². The average molecular weight is 515 g/mol. The van der Waals surface area contributed by atoms with Crippen molar-refractivity contribution in [2.75, 3.05) is 13.1 Å². The van der Waals surface area contributed by atoms with Gasteiger partial charge in [-0.05, 0) is 38.0 Å². The third kappa shape index (κ3) is 4.81. The van der Waals surface area contributed by atoms with E-state index in [1.165, 1.54) is 27.6 Å². The third-order valence-electron chi connectivity index (χ3n) is 6.57. The molecule has 1 amide bonds. The first-order valence-electron chi connectivity index (χ1n) is 11.7. The van der Waals surface area contributed by atoms with E-state index in [1.807, 2.05) is 18.2 Å². The lowest BCUT2D eigenvalue weighted by Crippen LogP contribution is -2.40. The summed E-state index contributed by atoms with van der Waals surface area (Å²) in [6, 6.07) is 9.30. The number of hydrogen-bond acceptors (Lipinski definition) is 6. The van der Waals surface area contributed by atoms with Crippen molar-refractivity contribution in [3.05, 3.63) is 59.8 Å². The second kappa shape index (κ2) is 8.96. The Morgan fingerprint density at radius 1 is 1.14 bits per heavy atom. The van der Waals surface area contributed by atoms with Gasteiger partial charge in [0.2, 0.25) is 0 Å². The fraction of sp³-hybridized carbons (Fsp3) is 0.360. The molecule has 12 heteroatoms. The second-order valence-corrected chi connectivity index (χ2v) is 9.72. The van der Waals surface area contributed by atoms with Crippen LogP contribution >= 0.6 is 0 Å². The molecule has 0 saturated carbocycles. The van der Waals surface area contributed by atoms with Gasteiger partial charge in [0.1, 0.15) is 11.7 Å². The average Bonchev–Trinajstić information content (AvgIpc) is 3.43. The molecule has 0 aliphatic carbocycles. The maximum absolute atomic E-state index is 14.3. The number of pyridine rings is 2. The van der Waals surface area contributed by atoms with Crippen molar-refractivity contribution in [2.45, 2.75) is 44.1 Å². The standard InChI is InChI=1S/C25H25F3N6O3/c1-24(2,37)17-5-3-4-14-6-8-18(30-20(14)17)22-32-31-19-9-7-15(12-34(19)22)21(25(26,27)28)33-11-10-16(13-33)29-23(35)36/h3-9,12,16,21,29,37H,10-11,13H2,1-2H3,(H,35,36)/t16-,21+/m0/s1. The largest absolute Gasteiger partial charge is 0.465 e. The van der Waals surface area contributed by atoms with Crippen molar-refractivity contribution < 1.29 is 28.2 Å². The van der Waals surface area contributed by atoms with Crippen LogP contribution in [0.2, 0.25) is 0 Å². The number of benzene rings is 1. The highest BCUT2D eigenvalue weighted by atomic mass is 19.4. The number of nitrogens with zero attached hydrogens (tertiary/aromatic N) is 5. The lowest BCUT2D eigenvalue weighted by molar-refractivity contribution is -0.184. The Hall–Kier alpha value is -3.77. The monoisotopic (exact) mass is 514 g/mol. The summed E-state index contributed by atoms with van der Waals surface area (Å²) in [7, 11) is 0. The van der Waals surface area contributed by atoms with Crippen LogP contribution < -0.4 is 5.32 Å². The number of likely N-dealkylation sites (tertiary alicyclic amines) is 1. The van der Waals surface area contributed by atoms with Gasteiger partial charge < -0.3 is 15.5 Å². The topological polar surface area (TPSA) is 116 Å². The minimum absolute atomic E-state index is 0.0185. The van der Waals surface area contributed by atoms with Crippen LogP contribution in [0.4, 0.5) is 18.0 Å². The molecule has 1 saturated heterocycles. The van der Waals surface area contributed by atoms with Crippen LogP contribution in [0.3, 0.4) is 0 Å². The zero-order valence-corrected chi connectivity index (χ0v) is 20.1. The van der Waals surface area contributed by atoms with Gasteiger partial charge >= 0.3 is 12.3 Å². The van der Waals surface area contributed by atoms with Crippen LogP contribution in [0.1, 0.15) is 37.4 Å². The molecule has 0 spiro atoms. The number of amides is 1. The SMILES string of the molecule is CC(C)(O)c1cccc2ccc(-c3nnc4ccc([C@@H](N5CC[C@H](NC(=O)O)C5)C(F)(F)F)cn34)nc12. The number of carbonyl (C=O) groups is 1. The highest BCUT2D eigenvalue weighted by Gasteiger charge is 2.47. The highest BCUT2D eigenvalue weighted by Crippen LogP contribution is 2.40. The summed E-state index contributed by atoms with van der Waals surface area (Å²) in [5, 5.41) is 30.9. The molecular weight excluding hydrogens is 489 g/mol. The van der Waals surface area contributed by atoms with E-state index in [9.17, 15) is 23.1 Å². The van der Waals surface area contributed by atoms with Crippen molar-refractivity contribution in [3.8, 4) is 11.5 Å². The number of rotatable bonds is 5. The molecule has 9 nitrogen and oxygen atoms in total. The summed E-state index contributed by atoms with van der Waals surface area (Å²) in [4.78, 5) is 16.9. The van der Waals surface area contributed by atoms with Crippen LogP contribution in [0.15, 0.2) is 48.7 Å². The van der Waals surface area contributed by atoms with Gasteiger partial charge in [-0.15, -0.1) is 10.2 Å². The molecule has 37 heavy (non-hydrogen) atoms. The summed E-state index contributed by atoms with van der Waals surface area (Å²) in [6.07, 6.45) is -4.22. The number of nitrogens with one attached hydrogen (secondary N) is 1. The van der Waals surface area contributed by atoms with E-state index in [0.717, 1.165) is 5.39 Å². The lowest BCUT2D eigenvalue weighted by atomic mass is 9.95. The van der Waals surface area contributed by atoms with E-state index in [2.05, 4.69) is 15.5 Å². The van der Waals surface area contributed by atoms with Crippen molar-refractivity contribution in [1.29, 1.82) is 0 Å². The molecule has 0 bridgehead atoms. The zero-order valence-electron chi connectivity index (χ0n) is 20.1. The summed E-state index contributed by atoms with van der Waals surface area (Å²) in [5.74, 6) is 0.261. The Kier molecular flexibility index (Phi) is 6.03. The molecule has 1 aromatic carbocycles. The predicted octanol–water partition coefficient (Wildman–Crippen LogP) is 4.12. The first kappa shape index (κ1) is 24.9. The number of aromatic nitrogens is 4. The first-order chi connectivity index (χ1) is 17.4. The Morgan fingerprint density at radius 3 is 2.62 bits per heavy atom. The van der Waals surface area contributed by atoms with Gasteiger partial charge in [0.25, 0.3) is 0 Å². The van der Waals surface area contributed by atoms with E-state index in [-0.39, 0.29) is 30.9 Å². The number of fused-ring (bicyclic) bond motifs is 2. The molecule has 194 valence electrons. The molecule has 1 aliphatic rings. The highest BCUT2D eigenvalue weighted by molar-refractivity contribution is 5.84. The summed E-state index contributed by atoms with van der Waals surface area (Å²) in [6.45, 7) is 3.34. The van der Waals surface area contributed by atoms with Crippen molar-refractivity contribution in [2.24, 2.45) is 0 Å². The number of halogens is 3. The minimum atomic E-state index is -4.59. The summed E-state index contributed by atoms with van der Waals surface area (Å²) < 4.78 is 44.3. The van der Waals surface area contributed by atoms with E-state index in [1.54, 1.807) is 26.0 Å². The fourth-order valence-electron chi connectivity index (χ4n) is 4.93. The van der Waals surface area contributed by atoms with E-state index in [4.69, 9.17) is 10.1 Å². The van der Waals surface area contributed by atoms with Crippen molar-refractivity contribution in [3.63, 3.8) is 0 Å². The Balaban J connectivity index is 1.57. The maximum Gasteiger partial charge on any atom is 0.408 e. The molecule has 3 N–H and O–H groups in total. The molecular formula is C25H25F3N6O3. The molecule has 1 aliphatic heterocycles. The number of hydrogen-bond donors (Lipinski definition) is 3. The van der Waals surface area contributed by atoms with Crippen LogP contribution in [0, 0.1) is 0 Å². The lowest BCUT2D eigenvalue weighted by Gasteiger charge is -2.30. The van der Waals surface area contributed by atoms with Gasteiger partial charge in [0.05, 0.1) is 11.1 Å². The normalized spacial score (nSPS) is 17.9. The van der Waals surface area contributed by atoms with Gasteiger partial charge in [-0.25, -0.2) is 9.78 Å². The molecule has 3 aromatic heterocycles. The second-order valence-electron chi connectivity index (χ2n) is 9.72. The molecule has 0 radical (unpaired) electrons. The molecule has 5 rings (SSSR count). The van der Waals surface area contributed by atoms with E-state index < -0.39 is 30.0 Å². The Morgan fingerprint density at radius 2 is 1.92 bits per heavy atom. The van der Waals surface area contributed by atoms with E-state index >= 15 is 0 Å². The molecule has 4 heterocycles. The third-order valence-corrected chi connectivity index (χ3v) is 6.57. The van der Waals surface area contributed by atoms with Crippen molar-refractivity contribution in [1.82, 2.24) is 29.8 Å².